The van der Waals surface area contributed by atoms with E-state index in [1.165, 1.54) is 12.5 Å². The maximum absolute atomic E-state index is 11.8. The molecule has 2 aliphatic rings. The number of para-hydroxylation sites is 1. The van der Waals surface area contributed by atoms with Crippen molar-refractivity contribution in [2.24, 2.45) is 5.41 Å². The van der Waals surface area contributed by atoms with Gasteiger partial charge in [0.25, 0.3) is 0 Å². The van der Waals surface area contributed by atoms with Crippen LogP contribution in [-0.4, -0.2) is 24.4 Å². The molecule has 1 aromatic carbocycles. The van der Waals surface area contributed by atoms with Crippen molar-refractivity contribution in [3.05, 3.63) is 29.8 Å². The van der Waals surface area contributed by atoms with Crippen LogP contribution in [0.4, 0.5) is 5.69 Å². The highest BCUT2D eigenvalue weighted by Gasteiger charge is 2.50. The van der Waals surface area contributed by atoms with Crippen LogP contribution in [0, 0.1) is 5.41 Å². The lowest BCUT2D eigenvalue weighted by atomic mass is 9.74. The second kappa shape index (κ2) is 4.37. The van der Waals surface area contributed by atoms with E-state index in [9.17, 15) is 9.59 Å². The van der Waals surface area contributed by atoms with E-state index in [0.29, 0.717) is 19.4 Å². The summed E-state index contributed by atoms with van der Waals surface area (Å²) in [5.41, 5.74) is 2.03. The van der Waals surface area contributed by atoms with Gasteiger partial charge in [0, 0.05) is 36.9 Å². The number of benzene rings is 1. The Balaban J connectivity index is 1.91. The van der Waals surface area contributed by atoms with Gasteiger partial charge in [-0.25, -0.2) is 0 Å². The zero-order chi connectivity index (χ0) is 13.5. The second-order valence-corrected chi connectivity index (χ2v) is 5.59. The molecule has 100 valence electrons. The molecule has 4 nitrogen and oxygen atoms in total. The average molecular weight is 259 g/mol. The standard InChI is InChI=1S/C15H17NO3/c1-10(17)19-9-15-7-11-4-2-3-5-13(11)16-14(15)6-12(18)8-15/h2-5,14,16H,6-9H2,1H3/t14-,15+/m0/s1. The molecule has 3 rings (SSSR count). The molecular weight excluding hydrogens is 242 g/mol. The van der Waals surface area contributed by atoms with Crippen LogP contribution < -0.4 is 5.32 Å². The Kier molecular flexibility index (Phi) is 2.81. The molecule has 1 saturated carbocycles. The van der Waals surface area contributed by atoms with Crippen LogP contribution in [-0.2, 0) is 20.7 Å². The second-order valence-electron chi connectivity index (χ2n) is 5.59. The number of rotatable bonds is 2. The fourth-order valence-electron chi connectivity index (χ4n) is 3.25. The molecule has 19 heavy (non-hydrogen) atoms. The Morgan fingerprint density at radius 3 is 3.00 bits per heavy atom. The molecule has 2 atom stereocenters. The number of ether oxygens (including phenoxy) is 1. The molecule has 0 radical (unpaired) electrons. The van der Waals surface area contributed by atoms with Gasteiger partial charge in [-0.05, 0) is 18.1 Å². The number of nitrogens with one attached hydrogen (secondary N) is 1. The maximum Gasteiger partial charge on any atom is 0.302 e. The van der Waals surface area contributed by atoms with Crippen LogP contribution >= 0.6 is 0 Å². The summed E-state index contributed by atoms with van der Waals surface area (Å²) in [6.07, 6.45) is 1.81. The van der Waals surface area contributed by atoms with Crippen molar-refractivity contribution in [2.45, 2.75) is 32.2 Å². The normalized spacial score (nSPS) is 28.3. The minimum atomic E-state index is -0.286. The first-order valence-corrected chi connectivity index (χ1v) is 6.59. The van der Waals surface area contributed by atoms with Crippen molar-refractivity contribution in [1.29, 1.82) is 0 Å². The van der Waals surface area contributed by atoms with Gasteiger partial charge >= 0.3 is 5.97 Å². The first kappa shape index (κ1) is 12.2. The Labute approximate surface area is 112 Å². The first-order valence-electron chi connectivity index (χ1n) is 6.59. The molecule has 1 heterocycles. The van der Waals surface area contributed by atoms with Crippen molar-refractivity contribution in [3.8, 4) is 0 Å². The van der Waals surface area contributed by atoms with Gasteiger partial charge in [0.05, 0.1) is 6.61 Å². The van der Waals surface area contributed by atoms with Gasteiger partial charge in [-0.3, -0.25) is 9.59 Å². The Morgan fingerprint density at radius 2 is 2.21 bits per heavy atom. The summed E-state index contributed by atoms with van der Waals surface area (Å²) in [5, 5.41) is 3.44. The zero-order valence-corrected chi connectivity index (χ0v) is 10.9. The molecule has 0 unspecified atom stereocenters. The minimum Gasteiger partial charge on any atom is -0.465 e. The monoisotopic (exact) mass is 259 g/mol. The fraction of sp³-hybridized carbons (Fsp3) is 0.467. The van der Waals surface area contributed by atoms with E-state index in [-0.39, 0.29) is 23.2 Å². The summed E-state index contributed by atoms with van der Waals surface area (Å²) in [4.78, 5) is 22.9. The molecule has 0 amide bonds. The topological polar surface area (TPSA) is 55.4 Å². The summed E-state index contributed by atoms with van der Waals surface area (Å²) in [7, 11) is 0. The average Bonchev–Trinajstić information content (AvgIpc) is 2.69. The van der Waals surface area contributed by atoms with E-state index in [0.717, 1.165) is 12.1 Å². The lowest BCUT2D eigenvalue weighted by molar-refractivity contribution is -0.145. The van der Waals surface area contributed by atoms with Crippen LogP contribution in [0.5, 0.6) is 0 Å². The predicted octanol–water partition coefficient (Wildman–Crippen LogP) is 1.94. The minimum absolute atomic E-state index is 0.0780. The number of fused-ring (bicyclic) bond motifs is 2. The summed E-state index contributed by atoms with van der Waals surface area (Å²) < 4.78 is 5.22. The van der Waals surface area contributed by atoms with Gasteiger partial charge < -0.3 is 10.1 Å². The van der Waals surface area contributed by atoms with Gasteiger partial charge in [0.1, 0.15) is 5.78 Å². The molecule has 1 aliphatic heterocycles. The number of carbonyl (C=O) groups excluding carboxylic acids is 2. The van der Waals surface area contributed by atoms with E-state index in [2.05, 4.69) is 11.4 Å². The number of esters is 1. The number of hydrogen-bond acceptors (Lipinski definition) is 4. The predicted molar refractivity (Wildman–Crippen MR) is 70.9 cm³/mol. The van der Waals surface area contributed by atoms with Crippen molar-refractivity contribution >= 4 is 17.4 Å². The van der Waals surface area contributed by atoms with E-state index < -0.39 is 0 Å². The van der Waals surface area contributed by atoms with Crippen LogP contribution in [0.2, 0.25) is 0 Å². The zero-order valence-electron chi connectivity index (χ0n) is 10.9. The Hall–Kier alpha value is -1.84. The Morgan fingerprint density at radius 1 is 1.42 bits per heavy atom. The van der Waals surface area contributed by atoms with Crippen molar-refractivity contribution in [3.63, 3.8) is 0 Å². The van der Waals surface area contributed by atoms with Crippen LogP contribution in [0.25, 0.3) is 0 Å². The molecule has 1 aliphatic carbocycles. The molecular formula is C15H17NO3. The molecule has 1 fully saturated rings. The molecule has 1 N–H and O–H groups in total. The highest BCUT2D eigenvalue weighted by molar-refractivity contribution is 5.84. The van der Waals surface area contributed by atoms with Gasteiger partial charge in [0.15, 0.2) is 0 Å². The third-order valence-corrected chi connectivity index (χ3v) is 4.17. The van der Waals surface area contributed by atoms with Crippen molar-refractivity contribution in [1.82, 2.24) is 0 Å². The van der Waals surface area contributed by atoms with Gasteiger partial charge in [-0.15, -0.1) is 0 Å². The lowest BCUT2D eigenvalue weighted by Gasteiger charge is -2.40. The third-order valence-electron chi connectivity index (χ3n) is 4.17. The van der Waals surface area contributed by atoms with Crippen LogP contribution in [0.1, 0.15) is 25.3 Å². The van der Waals surface area contributed by atoms with Crippen molar-refractivity contribution in [2.75, 3.05) is 11.9 Å². The van der Waals surface area contributed by atoms with Gasteiger partial charge in [-0.1, -0.05) is 18.2 Å². The molecule has 0 bridgehead atoms. The molecule has 0 saturated heterocycles. The van der Waals surface area contributed by atoms with Crippen LogP contribution in [0.3, 0.4) is 0 Å². The van der Waals surface area contributed by atoms with E-state index >= 15 is 0 Å². The van der Waals surface area contributed by atoms with Crippen LogP contribution in [0.15, 0.2) is 24.3 Å². The quantitative estimate of drug-likeness (QED) is 0.825. The maximum atomic E-state index is 11.8. The highest BCUT2D eigenvalue weighted by atomic mass is 16.5. The number of anilines is 1. The smallest absolute Gasteiger partial charge is 0.302 e. The molecule has 0 spiro atoms. The van der Waals surface area contributed by atoms with E-state index in [1.807, 2.05) is 18.2 Å². The summed E-state index contributed by atoms with van der Waals surface area (Å²) >= 11 is 0. The molecule has 1 aromatic rings. The number of ketones is 1. The molecule has 4 heteroatoms. The number of hydrogen-bond donors (Lipinski definition) is 1. The van der Waals surface area contributed by atoms with Gasteiger partial charge in [0.2, 0.25) is 0 Å². The lowest BCUT2D eigenvalue weighted by Crippen LogP contribution is -2.45. The fourth-order valence-corrected chi connectivity index (χ4v) is 3.25. The van der Waals surface area contributed by atoms with Gasteiger partial charge in [-0.2, -0.15) is 0 Å². The first-order chi connectivity index (χ1) is 9.09. The SMILES string of the molecule is CC(=O)OC[C@@]12CC(=O)C[C@@H]1Nc1ccccc1C2. The third kappa shape index (κ3) is 2.11. The highest BCUT2D eigenvalue weighted by Crippen LogP contribution is 2.46. The summed E-state index contributed by atoms with van der Waals surface area (Å²) in [5.74, 6) is -0.0382. The summed E-state index contributed by atoms with van der Waals surface area (Å²) in [6, 6.07) is 8.16. The molecule has 0 aromatic heterocycles. The largest absolute Gasteiger partial charge is 0.465 e. The number of carbonyl (C=O) groups is 2. The van der Waals surface area contributed by atoms with Crippen molar-refractivity contribution < 1.29 is 14.3 Å². The van der Waals surface area contributed by atoms with E-state index in [1.54, 1.807) is 0 Å². The summed E-state index contributed by atoms with van der Waals surface area (Å²) in [6.45, 7) is 1.73. The number of Topliss-reactive ketones (excluding diaryl/α,β-unsaturated/α-hetero) is 1. The van der Waals surface area contributed by atoms with E-state index in [4.69, 9.17) is 4.74 Å². The Bertz CT molecular complexity index is 540.